The molecule has 0 bridgehead atoms. The molecule has 2 N–H and O–H groups in total. The minimum atomic E-state index is 0.440. The first-order chi connectivity index (χ1) is 9.06. The van der Waals surface area contributed by atoms with Gasteiger partial charge in [-0.3, -0.25) is 0 Å². The fraction of sp³-hybridized carbons (Fsp3) is 0.333. The van der Waals surface area contributed by atoms with Crippen molar-refractivity contribution in [2.75, 3.05) is 0 Å². The van der Waals surface area contributed by atoms with Crippen LogP contribution in [0.15, 0.2) is 36.7 Å². The smallest absolute Gasteiger partial charge is 0.109 e. The average molecular weight is 273 g/mol. The molecule has 0 aliphatic heterocycles. The number of nitrogens with zero attached hydrogens (tertiary/aromatic N) is 2. The number of aromatic nitrogens is 2. The van der Waals surface area contributed by atoms with Crippen LogP contribution in [0.1, 0.15) is 30.8 Å². The zero-order chi connectivity index (χ0) is 13.8. The predicted molar refractivity (Wildman–Crippen MR) is 82.2 cm³/mol. The number of hydrogen-bond acceptors (Lipinski definition) is 2. The average Bonchev–Trinajstić information content (AvgIpc) is 2.76. The molecule has 4 heteroatoms. The van der Waals surface area contributed by atoms with E-state index in [1.54, 1.807) is 0 Å². The molecule has 0 aliphatic carbocycles. The van der Waals surface area contributed by atoms with Gasteiger partial charge in [0.1, 0.15) is 10.8 Å². The molecular formula is C15H19N3S. The molecule has 1 heterocycles. The van der Waals surface area contributed by atoms with E-state index in [9.17, 15) is 0 Å². The normalized spacial score (nSPS) is 10.9. The van der Waals surface area contributed by atoms with E-state index in [0.29, 0.717) is 10.9 Å². The standard InChI is InChI=1S/C15H19N3S/c1-11(2)8-14-17-6-7-18(14)10-12-4-3-5-13(9-12)15(16)19/h3-7,9,11H,8,10H2,1-2H3,(H2,16,19). The fourth-order valence-electron chi connectivity index (χ4n) is 2.06. The van der Waals surface area contributed by atoms with E-state index >= 15 is 0 Å². The molecule has 2 aromatic rings. The van der Waals surface area contributed by atoms with Gasteiger partial charge in [0.2, 0.25) is 0 Å². The van der Waals surface area contributed by atoms with Gasteiger partial charge in [-0.05, 0) is 17.5 Å². The number of hydrogen-bond donors (Lipinski definition) is 1. The van der Waals surface area contributed by atoms with Crippen molar-refractivity contribution >= 4 is 17.2 Å². The van der Waals surface area contributed by atoms with Crippen LogP contribution in [0.2, 0.25) is 0 Å². The quantitative estimate of drug-likeness (QED) is 0.852. The summed E-state index contributed by atoms with van der Waals surface area (Å²) in [4.78, 5) is 4.86. The number of rotatable bonds is 5. The second-order valence-electron chi connectivity index (χ2n) is 5.13. The van der Waals surface area contributed by atoms with E-state index in [1.165, 1.54) is 5.56 Å². The van der Waals surface area contributed by atoms with Crippen molar-refractivity contribution in [2.45, 2.75) is 26.8 Å². The first-order valence-corrected chi connectivity index (χ1v) is 6.86. The second-order valence-corrected chi connectivity index (χ2v) is 5.57. The number of benzene rings is 1. The van der Waals surface area contributed by atoms with Gasteiger partial charge in [-0.2, -0.15) is 0 Å². The van der Waals surface area contributed by atoms with Gasteiger partial charge in [0.25, 0.3) is 0 Å². The predicted octanol–water partition coefficient (Wildman–Crippen LogP) is 2.76. The van der Waals surface area contributed by atoms with Crippen LogP contribution < -0.4 is 5.73 Å². The Morgan fingerprint density at radius 1 is 1.42 bits per heavy atom. The molecule has 0 fully saturated rings. The number of nitrogens with two attached hydrogens (primary N) is 1. The van der Waals surface area contributed by atoms with Crippen LogP contribution in [0.3, 0.4) is 0 Å². The summed E-state index contributed by atoms with van der Waals surface area (Å²) in [6, 6.07) is 8.06. The van der Waals surface area contributed by atoms with E-state index in [2.05, 4.69) is 29.5 Å². The van der Waals surface area contributed by atoms with Crippen LogP contribution >= 0.6 is 12.2 Å². The SMILES string of the molecule is CC(C)Cc1nccn1Cc1cccc(C(N)=S)c1. The molecule has 0 aliphatic rings. The summed E-state index contributed by atoms with van der Waals surface area (Å²) in [5.74, 6) is 1.72. The van der Waals surface area contributed by atoms with Crippen LogP contribution in [-0.2, 0) is 13.0 Å². The lowest BCUT2D eigenvalue weighted by Gasteiger charge is -2.10. The van der Waals surface area contributed by atoms with Crippen molar-refractivity contribution in [3.8, 4) is 0 Å². The summed E-state index contributed by atoms with van der Waals surface area (Å²) in [6.07, 6.45) is 4.86. The molecule has 0 spiro atoms. The van der Waals surface area contributed by atoms with Gasteiger partial charge in [0, 0.05) is 30.9 Å². The first-order valence-electron chi connectivity index (χ1n) is 6.45. The summed E-state index contributed by atoms with van der Waals surface area (Å²) >= 11 is 5.01. The van der Waals surface area contributed by atoms with E-state index in [4.69, 9.17) is 18.0 Å². The first kappa shape index (κ1) is 13.7. The molecule has 100 valence electrons. The molecule has 19 heavy (non-hydrogen) atoms. The zero-order valence-electron chi connectivity index (χ0n) is 11.3. The Kier molecular flexibility index (Phi) is 4.32. The largest absolute Gasteiger partial charge is 0.389 e. The van der Waals surface area contributed by atoms with E-state index in [0.717, 1.165) is 24.4 Å². The highest BCUT2D eigenvalue weighted by atomic mass is 32.1. The molecule has 2 rings (SSSR count). The van der Waals surface area contributed by atoms with Crippen molar-refractivity contribution < 1.29 is 0 Å². The molecule has 0 atom stereocenters. The van der Waals surface area contributed by atoms with Crippen molar-refractivity contribution in [1.82, 2.24) is 9.55 Å². The summed E-state index contributed by atoms with van der Waals surface area (Å²) in [5, 5.41) is 0. The maximum atomic E-state index is 5.66. The minimum Gasteiger partial charge on any atom is -0.389 e. The minimum absolute atomic E-state index is 0.440. The van der Waals surface area contributed by atoms with E-state index < -0.39 is 0 Å². The van der Waals surface area contributed by atoms with E-state index in [1.807, 2.05) is 30.6 Å². The summed E-state index contributed by atoms with van der Waals surface area (Å²) in [6.45, 7) is 5.21. The third-order valence-electron chi connectivity index (χ3n) is 2.96. The topological polar surface area (TPSA) is 43.8 Å². The second kappa shape index (κ2) is 5.97. The third kappa shape index (κ3) is 3.64. The molecule has 0 radical (unpaired) electrons. The molecule has 1 aromatic carbocycles. The molecular weight excluding hydrogens is 254 g/mol. The van der Waals surface area contributed by atoms with Crippen molar-refractivity contribution in [2.24, 2.45) is 11.7 Å². The molecule has 1 aromatic heterocycles. The third-order valence-corrected chi connectivity index (χ3v) is 3.19. The summed E-state index contributed by atoms with van der Waals surface area (Å²) < 4.78 is 2.18. The fourth-order valence-corrected chi connectivity index (χ4v) is 2.19. The molecule has 0 saturated carbocycles. The Labute approximate surface area is 119 Å². The highest BCUT2D eigenvalue weighted by molar-refractivity contribution is 7.80. The lowest BCUT2D eigenvalue weighted by Crippen LogP contribution is -2.11. The van der Waals surface area contributed by atoms with Crippen LogP contribution in [0.25, 0.3) is 0 Å². The van der Waals surface area contributed by atoms with Gasteiger partial charge in [-0.1, -0.05) is 44.3 Å². The van der Waals surface area contributed by atoms with Gasteiger partial charge in [0.15, 0.2) is 0 Å². The van der Waals surface area contributed by atoms with Crippen LogP contribution in [0.4, 0.5) is 0 Å². The maximum absolute atomic E-state index is 5.66. The Balaban J connectivity index is 2.19. The molecule has 0 saturated heterocycles. The van der Waals surface area contributed by atoms with Crippen LogP contribution in [-0.4, -0.2) is 14.5 Å². The Hall–Kier alpha value is -1.68. The lowest BCUT2D eigenvalue weighted by molar-refractivity contribution is 0.590. The van der Waals surface area contributed by atoms with Gasteiger partial charge in [-0.15, -0.1) is 0 Å². The molecule has 0 amide bonds. The Morgan fingerprint density at radius 3 is 2.89 bits per heavy atom. The summed E-state index contributed by atoms with van der Waals surface area (Å²) in [5.41, 5.74) is 7.77. The number of imidazole rings is 1. The highest BCUT2D eigenvalue weighted by Crippen LogP contribution is 2.11. The Morgan fingerprint density at radius 2 is 2.21 bits per heavy atom. The van der Waals surface area contributed by atoms with Gasteiger partial charge in [-0.25, -0.2) is 4.98 Å². The number of thiocarbonyl (C=S) groups is 1. The van der Waals surface area contributed by atoms with Gasteiger partial charge < -0.3 is 10.3 Å². The lowest BCUT2D eigenvalue weighted by atomic mass is 10.1. The molecule has 0 unspecified atom stereocenters. The zero-order valence-corrected chi connectivity index (χ0v) is 12.2. The highest BCUT2D eigenvalue weighted by Gasteiger charge is 2.06. The van der Waals surface area contributed by atoms with Crippen molar-refractivity contribution in [1.29, 1.82) is 0 Å². The Bertz CT molecular complexity index is 572. The van der Waals surface area contributed by atoms with Gasteiger partial charge in [0.05, 0.1) is 0 Å². The van der Waals surface area contributed by atoms with Crippen LogP contribution in [0, 0.1) is 5.92 Å². The maximum Gasteiger partial charge on any atom is 0.109 e. The monoisotopic (exact) mass is 273 g/mol. The molecule has 3 nitrogen and oxygen atoms in total. The van der Waals surface area contributed by atoms with Crippen LogP contribution in [0.5, 0.6) is 0 Å². The van der Waals surface area contributed by atoms with Crippen molar-refractivity contribution in [3.05, 3.63) is 53.6 Å². The van der Waals surface area contributed by atoms with Gasteiger partial charge >= 0.3 is 0 Å². The summed E-state index contributed by atoms with van der Waals surface area (Å²) in [7, 11) is 0. The van der Waals surface area contributed by atoms with E-state index in [-0.39, 0.29) is 0 Å². The van der Waals surface area contributed by atoms with Crippen molar-refractivity contribution in [3.63, 3.8) is 0 Å².